The zero-order valence-corrected chi connectivity index (χ0v) is 15.6. The molecule has 3 aromatic rings. The Labute approximate surface area is 157 Å². The van der Waals surface area contributed by atoms with Crippen LogP contribution in [0.25, 0.3) is 11.0 Å². The first-order chi connectivity index (χ1) is 13.0. The van der Waals surface area contributed by atoms with E-state index in [1.54, 1.807) is 24.3 Å². The molecule has 3 rings (SSSR count). The highest BCUT2D eigenvalue weighted by Gasteiger charge is 2.12. The van der Waals surface area contributed by atoms with Gasteiger partial charge in [-0.05, 0) is 56.2 Å². The summed E-state index contributed by atoms with van der Waals surface area (Å²) in [5.41, 5.74) is 5.12. The van der Waals surface area contributed by atoms with E-state index < -0.39 is 5.97 Å². The maximum atomic E-state index is 12.2. The third-order valence-electron chi connectivity index (χ3n) is 4.26. The van der Waals surface area contributed by atoms with Gasteiger partial charge >= 0.3 is 5.97 Å². The molecule has 0 atom stereocenters. The molecule has 6 heteroatoms. The Morgan fingerprint density at radius 1 is 1.00 bits per heavy atom. The highest BCUT2D eigenvalue weighted by Crippen LogP contribution is 2.15. The molecule has 0 saturated heterocycles. The van der Waals surface area contributed by atoms with Gasteiger partial charge in [0, 0.05) is 5.69 Å². The van der Waals surface area contributed by atoms with Crippen LogP contribution in [0.2, 0.25) is 0 Å². The molecular weight excluding hydrogens is 342 g/mol. The van der Waals surface area contributed by atoms with Gasteiger partial charge in [0.15, 0.2) is 6.61 Å². The van der Waals surface area contributed by atoms with E-state index in [1.807, 2.05) is 39.0 Å². The van der Waals surface area contributed by atoms with Crippen molar-refractivity contribution in [3.8, 4) is 0 Å². The lowest BCUT2D eigenvalue weighted by molar-refractivity contribution is -0.119. The normalized spacial score (nSPS) is 10.6. The van der Waals surface area contributed by atoms with E-state index in [-0.39, 0.29) is 12.5 Å². The lowest BCUT2D eigenvalue weighted by atomic mass is 10.1. The number of hydrogen-bond donors (Lipinski definition) is 1. The fourth-order valence-corrected chi connectivity index (χ4v) is 2.64. The number of ether oxygens (including phenoxy) is 1. The van der Waals surface area contributed by atoms with Gasteiger partial charge in [-0.3, -0.25) is 4.79 Å². The van der Waals surface area contributed by atoms with Crippen LogP contribution in [0.1, 0.15) is 34.2 Å². The number of hydrogen-bond acceptors (Lipinski definition) is 5. The van der Waals surface area contributed by atoms with Crippen LogP contribution in [0.5, 0.6) is 0 Å². The lowest BCUT2D eigenvalue weighted by Crippen LogP contribution is -2.21. The molecule has 0 aliphatic rings. The summed E-state index contributed by atoms with van der Waals surface area (Å²) in [6.07, 6.45) is 0.878. The number of nitrogens with one attached hydrogen (secondary N) is 1. The van der Waals surface area contributed by atoms with Crippen LogP contribution in [0.15, 0.2) is 42.5 Å². The summed E-state index contributed by atoms with van der Waals surface area (Å²) in [7, 11) is 0. The monoisotopic (exact) mass is 363 g/mol. The topological polar surface area (TPSA) is 81.2 Å². The molecule has 0 unspecified atom stereocenters. The minimum atomic E-state index is -0.575. The van der Waals surface area contributed by atoms with Crippen molar-refractivity contribution in [2.24, 2.45) is 0 Å². The van der Waals surface area contributed by atoms with Crippen molar-refractivity contribution in [1.29, 1.82) is 0 Å². The molecule has 0 radical (unpaired) electrons. The second-order valence-electron chi connectivity index (χ2n) is 6.28. The van der Waals surface area contributed by atoms with Crippen LogP contribution in [0.3, 0.4) is 0 Å². The fraction of sp³-hybridized carbons (Fsp3) is 0.238. The van der Waals surface area contributed by atoms with Crippen LogP contribution in [0, 0.1) is 13.8 Å². The third-order valence-corrected chi connectivity index (χ3v) is 4.26. The summed E-state index contributed by atoms with van der Waals surface area (Å²) < 4.78 is 5.12. The highest BCUT2D eigenvalue weighted by atomic mass is 16.5. The number of benzene rings is 2. The second-order valence-corrected chi connectivity index (χ2v) is 6.28. The quantitative estimate of drug-likeness (QED) is 0.701. The average molecular weight is 363 g/mol. The van der Waals surface area contributed by atoms with Crippen LogP contribution < -0.4 is 5.32 Å². The molecule has 0 aliphatic heterocycles. The molecule has 1 aromatic heterocycles. The van der Waals surface area contributed by atoms with Crippen LogP contribution in [0.4, 0.5) is 5.69 Å². The molecule has 0 bridgehead atoms. The van der Waals surface area contributed by atoms with Gasteiger partial charge < -0.3 is 10.1 Å². The van der Waals surface area contributed by atoms with Gasteiger partial charge in [-0.2, -0.15) is 0 Å². The van der Waals surface area contributed by atoms with Gasteiger partial charge in [0.1, 0.15) is 0 Å². The number of aromatic nitrogens is 2. The molecule has 138 valence electrons. The molecule has 6 nitrogen and oxygen atoms in total. The van der Waals surface area contributed by atoms with Gasteiger partial charge in [-0.1, -0.05) is 19.1 Å². The first-order valence-corrected chi connectivity index (χ1v) is 8.77. The SMILES string of the molecule is CCc1cccc(NC(=O)COC(=O)c2ccc3nc(C)c(C)nc3c2)c1. The molecule has 1 amide bonds. The maximum Gasteiger partial charge on any atom is 0.338 e. The van der Waals surface area contributed by atoms with Crippen molar-refractivity contribution in [3.05, 3.63) is 65.0 Å². The minimum absolute atomic E-state index is 0.334. The fourth-order valence-electron chi connectivity index (χ4n) is 2.64. The molecule has 1 N–H and O–H groups in total. The Hall–Kier alpha value is -3.28. The first kappa shape index (κ1) is 18.5. The van der Waals surface area contributed by atoms with Crippen molar-refractivity contribution in [2.75, 3.05) is 11.9 Å². The largest absolute Gasteiger partial charge is 0.452 e. The number of rotatable bonds is 5. The van der Waals surface area contributed by atoms with Crippen LogP contribution in [-0.2, 0) is 16.0 Å². The number of carbonyl (C=O) groups is 2. The van der Waals surface area contributed by atoms with E-state index in [0.29, 0.717) is 22.3 Å². The molecular formula is C21H21N3O3. The van der Waals surface area contributed by atoms with Gasteiger partial charge in [0.05, 0.1) is 28.0 Å². The van der Waals surface area contributed by atoms with Gasteiger partial charge in [0.25, 0.3) is 5.91 Å². The predicted octanol–water partition coefficient (Wildman–Crippen LogP) is 3.60. The van der Waals surface area contributed by atoms with E-state index in [0.717, 1.165) is 23.4 Å². The molecule has 2 aromatic carbocycles. The number of aryl methyl sites for hydroxylation is 3. The Bertz CT molecular complexity index is 1010. The van der Waals surface area contributed by atoms with E-state index >= 15 is 0 Å². The standard InChI is InChI=1S/C21H21N3O3/c1-4-15-6-5-7-17(10-15)24-20(25)12-27-21(26)16-8-9-18-19(11-16)23-14(3)13(2)22-18/h5-11H,4,12H2,1-3H3,(H,24,25). The summed E-state index contributed by atoms with van der Waals surface area (Å²) in [6, 6.07) is 12.5. The number of amides is 1. The Morgan fingerprint density at radius 2 is 1.74 bits per heavy atom. The molecule has 27 heavy (non-hydrogen) atoms. The predicted molar refractivity (Wildman–Crippen MR) is 104 cm³/mol. The van der Waals surface area contributed by atoms with Crippen molar-refractivity contribution in [2.45, 2.75) is 27.2 Å². The van der Waals surface area contributed by atoms with E-state index in [4.69, 9.17) is 4.74 Å². The molecule has 0 spiro atoms. The minimum Gasteiger partial charge on any atom is -0.452 e. The smallest absolute Gasteiger partial charge is 0.338 e. The highest BCUT2D eigenvalue weighted by molar-refractivity contribution is 5.97. The number of nitrogens with zero attached hydrogens (tertiary/aromatic N) is 2. The van der Waals surface area contributed by atoms with Crippen LogP contribution >= 0.6 is 0 Å². The zero-order chi connectivity index (χ0) is 19.4. The van der Waals surface area contributed by atoms with Crippen molar-refractivity contribution in [1.82, 2.24) is 9.97 Å². The van der Waals surface area contributed by atoms with E-state index in [1.165, 1.54) is 0 Å². The van der Waals surface area contributed by atoms with Crippen molar-refractivity contribution in [3.63, 3.8) is 0 Å². The van der Waals surface area contributed by atoms with Gasteiger partial charge in [-0.25, -0.2) is 14.8 Å². The number of anilines is 1. The summed E-state index contributed by atoms with van der Waals surface area (Å²) in [5.74, 6) is -0.960. The van der Waals surface area contributed by atoms with Crippen LogP contribution in [-0.4, -0.2) is 28.5 Å². The summed E-state index contributed by atoms with van der Waals surface area (Å²) >= 11 is 0. The Balaban J connectivity index is 1.63. The summed E-state index contributed by atoms with van der Waals surface area (Å²) in [4.78, 5) is 33.1. The lowest BCUT2D eigenvalue weighted by Gasteiger charge is -2.08. The first-order valence-electron chi connectivity index (χ1n) is 8.77. The molecule has 1 heterocycles. The summed E-state index contributed by atoms with van der Waals surface area (Å²) in [6.45, 7) is 5.44. The van der Waals surface area contributed by atoms with E-state index in [9.17, 15) is 9.59 Å². The average Bonchev–Trinajstić information content (AvgIpc) is 2.66. The van der Waals surface area contributed by atoms with Gasteiger partial charge in [-0.15, -0.1) is 0 Å². The number of esters is 1. The van der Waals surface area contributed by atoms with Gasteiger partial charge in [0.2, 0.25) is 0 Å². The molecule has 0 aliphatic carbocycles. The Kier molecular flexibility index (Phi) is 5.45. The van der Waals surface area contributed by atoms with E-state index in [2.05, 4.69) is 15.3 Å². The summed E-state index contributed by atoms with van der Waals surface area (Å²) in [5, 5.41) is 2.73. The Morgan fingerprint density at radius 3 is 2.48 bits per heavy atom. The molecule has 0 fully saturated rings. The maximum absolute atomic E-state index is 12.2. The third kappa shape index (κ3) is 4.47. The number of carbonyl (C=O) groups excluding carboxylic acids is 2. The van der Waals surface area contributed by atoms with Crippen molar-refractivity contribution >= 4 is 28.6 Å². The molecule has 0 saturated carbocycles. The second kappa shape index (κ2) is 7.95. The number of fused-ring (bicyclic) bond motifs is 1. The zero-order valence-electron chi connectivity index (χ0n) is 15.6. The van der Waals surface area contributed by atoms with Crippen molar-refractivity contribution < 1.29 is 14.3 Å².